The first-order chi connectivity index (χ1) is 14.4. The number of carbonyl (C=O) groups is 1. The number of nitrogens with zero attached hydrogens (tertiary/aromatic N) is 1. The van der Waals surface area contributed by atoms with Crippen LogP contribution >= 0.6 is 24.2 Å². The second kappa shape index (κ2) is 11.0. The van der Waals surface area contributed by atoms with Crippen LogP contribution in [0.25, 0.3) is 0 Å². The van der Waals surface area contributed by atoms with Gasteiger partial charge in [-0.3, -0.25) is 4.79 Å². The fourth-order valence-electron chi connectivity index (χ4n) is 4.31. The van der Waals surface area contributed by atoms with Crippen molar-refractivity contribution in [3.63, 3.8) is 0 Å². The molecule has 0 atom stereocenters. The monoisotopic (exact) mass is 445 g/mol. The van der Waals surface area contributed by atoms with Crippen LogP contribution in [0.3, 0.4) is 0 Å². The summed E-state index contributed by atoms with van der Waals surface area (Å²) in [5.74, 6) is 0.484. The number of anilines is 1. The SMILES string of the molecule is CCC(C)=N.CCCC12CC(C1)c1cc(NC(=O)c3ccc(Cl)cn3)ccc12.CS. The summed E-state index contributed by atoms with van der Waals surface area (Å²) in [6, 6.07) is 9.69. The lowest BCUT2D eigenvalue weighted by molar-refractivity contribution is 0.102. The lowest BCUT2D eigenvalue weighted by Crippen LogP contribution is -2.31. The van der Waals surface area contributed by atoms with Crippen molar-refractivity contribution in [3.05, 3.63) is 58.4 Å². The van der Waals surface area contributed by atoms with E-state index in [0.29, 0.717) is 22.0 Å². The summed E-state index contributed by atoms with van der Waals surface area (Å²) in [5, 5.41) is 10.2. The van der Waals surface area contributed by atoms with Crippen LogP contribution in [-0.2, 0) is 5.41 Å². The van der Waals surface area contributed by atoms with Crippen molar-refractivity contribution in [3.8, 4) is 0 Å². The average molecular weight is 446 g/mol. The number of thiol groups is 1. The summed E-state index contributed by atoms with van der Waals surface area (Å²) in [5.41, 5.74) is 5.35. The van der Waals surface area contributed by atoms with E-state index in [1.165, 1.54) is 43.0 Å². The first kappa shape index (κ1) is 24.4. The quantitative estimate of drug-likeness (QED) is 0.346. The molecule has 0 radical (unpaired) electrons. The van der Waals surface area contributed by atoms with Gasteiger partial charge in [0.05, 0.1) is 5.02 Å². The Morgan fingerprint density at radius 2 is 1.93 bits per heavy atom. The van der Waals surface area contributed by atoms with E-state index in [0.717, 1.165) is 17.8 Å². The number of hydrogen-bond donors (Lipinski definition) is 3. The lowest BCUT2D eigenvalue weighted by atomic mass is 9.65. The van der Waals surface area contributed by atoms with Gasteiger partial charge in [0.25, 0.3) is 5.91 Å². The Balaban J connectivity index is 0.000000404. The first-order valence-electron chi connectivity index (χ1n) is 10.4. The summed E-state index contributed by atoms with van der Waals surface area (Å²) in [4.78, 5) is 16.3. The summed E-state index contributed by atoms with van der Waals surface area (Å²) in [6.45, 7) is 6.04. The van der Waals surface area contributed by atoms with Gasteiger partial charge in [0.1, 0.15) is 5.69 Å². The van der Waals surface area contributed by atoms with Crippen LogP contribution in [0, 0.1) is 5.41 Å². The van der Waals surface area contributed by atoms with Crippen molar-refractivity contribution < 1.29 is 4.79 Å². The van der Waals surface area contributed by atoms with Gasteiger partial charge in [-0.15, -0.1) is 0 Å². The van der Waals surface area contributed by atoms with Crippen LogP contribution in [0.4, 0.5) is 5.69 Å². The van der Waals surface area contributed by atoms with Gasteiger partial charge in [-0.25, -0.2) is 4.98 Å². The van der Waals surface area contributed by atoms with Gasteiger partial charge in [-0.05, 0) is 85.6 Å². The Morgan fingerprint density at radius 1 is 1.27 bits per heavy atom. The first-order valence-corrected chi connectivity index (χ1v) is 11.7. The number of hydrogen-bond acceptors (Lipinski definition) is 4. The molecule has 6 heteroatoms. The van der Waals surface area contributed by atoms with Crippen molar-refractivity contribution in [2.45, 2.75) is 64.2 Å². The number of pyridine rings is 1. The zero-order valence-electron chi connectivity index (χ0n) is 18.3. The van der Waals surface area contributed by atoms with E-state index in [2.05, 4.69) is 42.0 Å². The fraction of sp³-hybridized carbons (Fsp3) is 0.458. The zero-order chi connectivity index (χ0) is 22.3. The van der Waals surface area contributed by atoms with Crippen molar-refractivity contribution in [2.24, 2.45) is 0 Å². The van der Waals surface area contributed by atoms with E-state index in [4.69, 9.17) is 17.0 Å². The fourth-order valence-corrected chi connectivity index (χ4v) is 4.42. The Kier molecular flexibility index (Phi) is 8.92. The normalized spacial score (nSPS) is 19.9. The number of halogens is 1. The molecule has 0 spiro atoms. The molecule has 1 amide bonds. The molecule has 2 N–H and O–H groups in total. The highest BCUT2D eigenvalue weighted by Crippen LogP contribution is 2.64. The van der Waals surface area contributed by atoms with E-state index < -0.39 is 0 Å². The predicted octanol–water partition coefficient (Wildman–Crippen LogP) is 6.90. The summed E-state index contributed by atoms with van der Waals surface area (Å²) < 4.78 is 0. The molecule has 3 aliphatic carbocycles. The number of carbonyl (C=O) groups excluding carboxylic acids is 1. The van der Waals surface area contributed by atoms with Gasteiger partial charge in [-0.2, -0.15) is 12.6 Å². The largest absolute Gasteiger partial charge is 0.321 e. The zero-order valence-corrected chi connectivity index (χ0v) is 19.9. The summed E-state index contributed by atoms with van der Waals surface area (Å²) >= 11 is 9.33. The molecule has 1 fully saturated rings. The molecule has 162 valence electrons. The van der Waals surface area contributed by atoms with Gasteiger partial charge >= 0.3 is 0 Å². The molecule has 0 aliphatic heterocycles. The van der Waals surface area contributed by atoms with Gasteiger partial charge < -0.3 is 10.7 Å². The molecule has 2 aromatic rings. The van der Waals surface area contributed by atoms with Crippen LogP contribution < -0.4 is 5.32 Å². The molecule has 3 aliphatic rings. The molecular formula is C24H32ClN3OS. The van der Waals surface area contributed by atoms with E-state index in [1.807, 2.05) is 13.0 Å². The third kappa shape index (κ3) is 5.44. The molecule has 5 rings (SSSR count). The molecule has 1 aromatic heterocycles. The molecule has 0 saturated heterocycles. The number of amides is 1. The number of rotatable bonds is 5. The van der Waals surface area contributed by atoms with E-state index in [-0.39, 0.29) is 5.91 Å². The van der Waals surface area contributed by atoms with E-state index >= 15 is 0 Å². The Morgan fingerprint density at radius 3 is 2.47 bits per heavy atom. The highest BCUT2D eigenvalue weighted by Gasteiger charge is 2.53. The number of aromatic nitrogens is 1. The average Bonchev–Trinajstić information content (AvgIpc) is 3.19. The second-order valence-electron chi connectivity index (χ2n) is 7.89. The lowest BCUT2D eigenvalue weighted by Gasteiger charge is -2.39. The Bertz CT molecular complexity index is 877. The van der Waals surface area contributed by atoms with Gasteiger partial charge in [0.15, 0.2) is 0 Å². The number of benzene rings is 1. The van der Waals surface area contributed by atoms with Crippen molar-refractivity contribution in [2.75, 3.05) is 11.6 Å². The Hall–Kier alpha value is -1.85. The maximum Gasteiger partial charge on any atom is 0.274 e. The summed E-state index contributed by atoms with van der Waals surface area (Å²) in [7, 11) is 0. The predicted molar refractivity (Wildman–Crippen MR) is 131 cm³/mol. The molecule has 1 saturated carbocycles. The third-order valence-corrected chi connectivity index (χ3v) is 6.04. The maximum atomic E-state index is 12.3. The van der Waals surface area contributed by atoms with Crippen LogP contribution in [0.2, 0.25) is 5.02 Å². The van der Waals surface area contributed by atoms with Crippen LogP contribution in [0.15, 0.2) is 36.5 Å². The van der Waals surface area contributed by atoms with Crippen LogP contribution in [-0.4, -0.2) is 22.9 Å². The molecule has 1 aromatic carbocycles. The van der Waals surface area contributed by atoms with Crippen molar-refractivity contribution in [1.29, 1.82) is 5.41 Å². The standard InChI is InChI=1S/C19H19ClN2O.C4H9N.CH4S/c1-2-7-19-9-12(10-19)15-8-14(4-5-16(15)19)22-18(23)17-6-3-13(20)11-21-17;1-3-4(2)5;1-2/h3-6,8,11-12H,2,7,9-10H2,1H3,(H,22,23);5H,3H2,1-2H3;2H,1H3. The summed E-state index contributed by atoms with van der Waals surface area (Å²) in [6.07, 6.45) is 9.14. The minimum absolute atomic E-state index is 0.199. The minimum atomic E-state index is -0.199. The van der Waals surface area contributed by atoms with Crippen molar-refractivity contribution in [1.82, 2.24) is 4.98 Å². The van der Waals surface area contributed by atoms with Crippen molar-refractivity contribution >= 4 is 41.5 Å². The second-order valence-corrected chi connectivity index (χ2v) is 8.32. The number of nitrogens with one attached hydrogen (secondary N) is 2. The van der Waals surface area contributed by atoms with E-state index in [9.17, 15) is 4.79 Å². The topological polar surface area (TPSA) is 65.8 Å². The van der Waals surface area contributed by atoms with E-state index in [1.54, 1.807) is 25.3 Å². The van der Waals surface area contributed by atoms with Crippen LogP contribution in [0.1, 0.15) is 80.4 Å². The molecule has 4 nitrogen and oxygen atoms in total. The minimum Gasteiger partial charge on any atom is -0.321 e. The third-order valence-electron chi connectivity index (χ3n) is 5.81. The maximum absolute atomic E-state index is 12.3. The molecule has 1 heterocycles. The molecule has 0 unspecified atom stereocenters. The highest BCUT2D eigenvalue weighted by atomic mass is 35.5. The molecule has 2 bridgehead atoms. The molecule has 30 heavy (non-hydrogen) atoms. The Labute approximate surface area is 190 Å². The van der Waals surface area contributed by atoms with Gasteiger partial charge in [0, 0.05) is 17.6 Å². The van der Waals surface area contributed by atoms with Crippen LogP contribution in [0.5, 0.6) is 0 Å². The smallest absolute Gasteiger partial charge is 0.274 e. The van der Waals surface area contributed by atoms with Gasteiger partial charge in [0.2, 0.25) is 0 Å². The highest BCUT2D eigenvalue weighted by molar-refractivity contribution is 7.79. The molecular weight excluding hydrogens is 414 g/mol. The van der Waals surface area contributed by atoms with Gasteiger partial charge in [-0.1, -0.05) is 37.9 Å².